The van der Waals surface area contributed by atoms with Crippen LogP contribution in [-0.2, 0) is 13.4 Å². The summed E-state index contributed by atoms with van der Waals surface area (Å²) in [6, 6.07) is 0. The van der Waals surface area contributed by atoms with Crippen LogP contribution in [0.3, 0.4) is 0 Å². The highest BCUT2D eigenvalue weighted by Gasteiger charge is 2.27. The third-order valence-corrected chi connectivity index (χ3v) is 7.02. The summed E-state index contributed by atoms with van der Waals surface area (Å²) in [5.41, 5.74) is 0. The van der Waals surface area contributed by atoms with Gasteiger partial charge in [-0.2, -0.15) is 4.31 Å². The van der Waals surface area contributed by atoms with Gasteiger partial charge in [0.15, 0.2) is 0 Å². The molecule has 8 nitrogen and oxygen atoms in total. The lowest BCUT2D eigenvalue weighted by Gasteiger charge is -2.03. The average Bonchev–Trinajstić information content (AvgIpc) is 2.77. The molecule has 212 valence electrons. The largest absolute Gasteiger partial charge is 0.478 e. The number of aliphatic hydroxyl groups is 1. The standard InChI is InChI=1S/C26H46O.H4O7P2/c1-2-3-4-5-6-7-8-9-10-11-12-13-14-15-16-17-18-19-20-21-22-23-24-25-26-27;1-8(2,3)7-9(4,5)6/h27H,2-13,18-26H2,1H3;(H2,1,2,3)(H2,4,5,6). The van der Waals surface area contributed by atoms with Gasteiger partial charge in [0.1, 0.15) is 0 Å². The maximum atomic E-state index is 9.63. The van der Waals surface area contributed by atoms with Crippen LogP contribution in [0.2, 0.25) is 0 Å². The average molecular weight is 553 g/mol. The van der Waals surface area contributed by atoms with Crippen molar-refractivity contribution in [3.8, 4) is 23.7 Å². The number of phosphoric acid groups is 2. The van der Waals surface area contributed by atoms with Crippen molar-refractivity contribution in [3.05, 3.63) is 0 Å². The predicted molar refractivity (Wildman–Crippen MR) is 146 cm³/mol. The van der Waals surface area contributed by atoms with Crippen molar-refractivity contribution in [3.63, 3.8) is 0 Å². The van der Waals surface area contributed by atoms with E-state index < -0.39 is 15.6 Å². The van der Waals surface area contributed by atoms with Crippen LogP contribution in [0.25, 0.3) is 0 Å². The fraction of sp³-hybridized carbons (Fsp3) is 0.846. The number of hydrogen-bond donors (Lipinski definition) is 5. The van der Waals surface area contributed by atoms with Crippen LogP contribution < -0.4 is 0 Å². The minimum Gasteiger partial charge on any atom is -0.396 e. The molecule has 0 spiro atoms. The van der Waals surface area contributed by atoms with Gasteiger partial charge in [-0.1, -0.05) is 115 Å². The summed E-state index contributed by atoms with van der Waals surface area (Å²) < 4.78 is 22.2. The molecule has 36 heavy (non-hydrogen) atoms. The molecule has 0 rings (SSSR count). The molecule has 0 aromatic rings. The molecule has 0 unspecified atom stereocenters. The smallest absolute Gasteiger partial charge is 0.396 e. The predicted octanol–water partition coefficient (Wildman–Crippen LogP) is 7.00. The Balaban J connectivity index is 0. The molecule has 0 aliphatic carbocycles. The Bertz CT molecular complexity index is 674. The van der Waals surface area contributed by atoms with Gasteiger partial charge in [-0.05, 0) is 31.1 Å². The van der Waals surface area contributed by atoms with E-state index in [4.69, 9.17) is 24.7 Å². The van der Waals surface area contributed by atoms with E-state index in [0.29, 0.717) is 6.61 Å². The quantitative estimate of drug-likeness (QED) is 0.0582. The Labute approximate surface area is 219 Å². The summed E-state index contributed by atoms with van der Waals surface area (Å²) in [6.45, 7) is 2.62. The molecule has 5 N–H and O–H groups in total. The van der Waals surface area contributed by atoms with Gasteiger partial charge in [-0.3, -0.25) is 0 Å². The first-order valence-electron chi connectivity index (χ1n) is 13.5. The van der Waals surface area contributed by atoms with E-state index in [1.165, 1.54) is 109 Å². The van der Waals surface area contributed by atoms with E-state index in [1.54, 1.807) is 0 Å². The maximum absolute atomic E-state index is 9.63. The van der Waals surface area contributed by atoms with Gasteiger partial charge >= 0.3 is 15.6 Å². The second-order valence-electron chi connectivity index (χ2n) is 8.90. The minimum atomic E-state index is -5.05. The van der Waals surface area contributed by atoms with Crippen LogP contribution in [0, 0.1) is 23.7 Å². The van der Waals surface area contributed by atoms with Crippen molar-refractivity contribution in [1.82, 2.24) is 0 Å². The zero-order valence-corrected chi connectivity index (χ0v) is 24.0. The molecular formula is C26H50O8P2. The van der Waals surface area contributed by atoms with Gasteiger partial charge < -0.3 is 24.7 Å². The molecule has 0 amide bonds. The van der Waals surface area contributed by atoms with Gasteiger partial charge in [0.25, 0.3) is 0 Å². The highest BCUT2D eigenvalue weighted by atomic mass is 31.3. The Morgan fingerprint density at radius 3 is 1.11 bits per heavy atom. The second-order valence-corrected chi connectivity index (χ2v) is 11.5. The molecular weight excluding hydrogens is 502 g/mol. The molecule has 0 fully saturated rings. The van der Waals surface area contributed by atoms with E-state index >= 15 is 0 Å². The fourth-order valence-corrected chi connectivity index (χ4v) is 4.55. The zero-order chi connectivity index (χ0) is 27.4. The summed E-state index contributed by atoms with van der Waals surface area (Å²) in [6.07, 6.45) is 25.8. The van der Waals surface area contributed by atoms with Gasteiger partial charge in [0.2, 0.25) is 0 Å². The Morgan fingerprint density at radius 1 is 0.528 bits per heavy atom. The zero-order valence-electron chi connectivity index (χ0n) is 22.2. The second kappa shape index (κ2) is 27.4. The van der Waals surface area contributed by atoms with Crippen molar-refractivity contribution >= 4 is 15.6 Å². The third-order valence-electron chi connectivity index (χ3n) is 5.32. The maximum Gasteiger partial charge on any atom is 0.478 e. The number of rotatable bonds is 21. The van der Waals surface area contributed by atoms with Gasteiger partial charge in [0.05, 0.1) is 0 Å². The molecule has 0 saturated carbocycles. The summed E-state index contributed by atoms with van der Waals surface area (Å²) >= 11 is 0. The van der Waals surface area contributed by atoms with Crippen LogP contribution in [-0.4, -0.2) is 31.3 Å². The van der Waals surface area contributed by atoms with Crippen molar-refractivity contribution in [1.29, 1.82) is 0 Å². The van der Waals surface area contributed by atoms with Crippen LogP contribution in [0.1, 0.15) is 135 Å². The van der Waals surface area contributed by atoms with Crippen LogP contribution in [0.5, 0.6) is 0 Å². The SMILES string of the molecule is CCCCCCCCCCCCCC#CC#CCCCCCCCCCO.O=P(O)(O)OP(=O)(O)O. The first kappa shape index (κ1) is 37.5. The van der Waals surface area contributed by atoms with Crippen molar-refractivity contribution in [2.24, 2.45) is 0 Å². The van der Waals surface area contributed by atoms with E-state index in [0.717, 1.165) is 19.3 Å². The summed E-state index contributed by atoms with van der Waals surface area (Å²) in [4.78, 5) is 31.0. The Hall–Kier alpha value is -0.660. The highest BCUT2D eigenvalue weighted by Crippen LogP contribution is 2.53. The number of aliphatic hydroxyl groups excluding tert-OH is 1. The lowest BCUT2D eigenvalue weighted by atomic mass is 10.1. The van der Waals surface area contributed by atoms with E-state index in [-0.39, 0.29) is 0 Å². The first-order chi connectivity index (χ1) is 17.1. The molecule has 0 radical (unpaired) electrons. The van der Waals surface area contributed by atoms with Crippen LogP contribution in [0.15, 0.2) is 0 Å². The summed E-state index contributed by atoms with van der Waals surface area (Å²) in [5, 5.41) is 8.71. The van der Waals surface area contributed by atoms with E-state index in [1.807, 2.05) is 0 Å². The first-order valence-corrected chi connectivity index (χ1v) is 16.6. The molecule has 0 heterocycles. The Morgan fingerprint density at radius 2 is 0.833 bits per heavy atom. The molecule has 0 aromatic heterocycles. The normalized spacial score (nSPS) is 11.1. The molecule has 0 saturated heterocycles. The molecule has 0 bridgehead atoms. The molecule has 0 aliphatic heterocycles. The number of hydrogen-bond acceptors (Lipinski definition) is 4. The fourth-order valence-electron chi connectivity index (χ4n) is 3.44. The molecule has 0 aliphatic rings. The van der Waals surface area contributed by atoms with Gasteiger partial charge in [-0.15, -0.1) is 0 Å². The molecule has 10 heteroatoms. The lowest BCUT2D eigenvalue weighted by molar-refractivity contribution is 0.225. The summed E-state index contributed by atoms with van der Waals surface area (Å²) in [7, 11) is -10.1. The van der Waals surface area contributed by atoms with Crippen molar-refractivity contribution in [2.75, 3.05) is 6.61 Å². The van der Waals surface area contributed by atoms with E-state index in [9.17, 15) is 9.13 Å². The van der Waals surface area contributed by atoms with Crippen LogP contribution >= 0.6 is 15.6 Å². The lowest BCUT2D eigenvalue weighted by Crippen LogP contribution is -1.84. The molecule has 0 aromatic carbocycles. The third kappa shape index (κ3) is 40.5. The monoisotopic (exact) mass is 552 g/mol. The topological polar surface area (TPSA) is 145 Å². The number of unbranched alkanes of at least 4 members (excludes halogenated alkanes) is 18. The van der Waals surface area contributed by atoms with Gasteiger partial charge in [0, 0.05) is 19.4 Å². The Kier molecular flexibility index (Phi) is 28.5. The minimum absolute atomic E-state index is 0.343. The van der Waals surface area contributed by atoms with Gasteiger partial charge in [-0.25, -0.2) is 9.13 Å². The molecule has 0 atom stereocenters. The van der Waals surface area contributed by atoms with Crippen molar-refractivity contribution in [2.45, 2.75) is 135 Å². The van der Waals surface area contributed by atoms with Crippen LogP contribution in [0.4, 0.5) is 0 Å². The van der Waals surface area contributed by atoms with E-state index in [2.05, 4.69) is 34.9 Å². The summed E-state index contributed by atoms with van der Waals surface area (Å²) in [5.74, 6) is 12.4. The van der Waals surface area contributed by atoms with Crippen molar-refractivity contribution < 1.29 is 38.1 Å². The highest BCUT2D eigenvalue weighted by molar-refractivity contribution is 7.60.